The van der Waals surface area contributed by atoms with Gasteiger partial charge in [-0.25, -0.2) is 4.98 Å². The van der Waals surface area contributed by atoms with Crippen LogP contribution in [0, 0.1) is 0 Å². The van der Waals surface area contributed by atoms with Crippen molar-refractivity contribution in [2.24, 2.45) is 0 Å². The molecule has 1 aromatic heterocycles. The molecule has 1 aliphatic rings. The molecule has 0 spiro atoms. The quantitative estimate of drug-likeness (QED) is 0.839. The van der Waals surface area contributed by atoms with E-state index in [1.54, 1.807) is 0 Å². The predicted octanol–water partition coefficient (Wildman–Crippen LogP) is 0.896. The summed E-state index contributed by atoms with van der Waals surface area (Å²) in [4.78, 5) is 7.49. The van der Waals surface area contributed by atoms with Crippen molar-refractivity contribution in [1.29, 1.82) is 0 Å². The fraction of sp³-hybridized carbons (Fsp3) is 0.600. The van der Waals surface area contributed by atoms with Crippen molar-refractivity contribution in [3.8, 4) is 0 Å². The number of nitrogens with zero attached hydrogens (tertiary/aromatic N) is 3. The van der Waals surface area contributed by atoms with Crippen molar-refractivity contribution in [3.63, 3.8) is 0 Å². The van der Waals surface area contributed by atoms with Gasteiger partial charge in [0.05, 0.1) is 12.2 Å². The van der Waals surface area contributed by atoms with Crippen LogP contribution in [0.15, 0.2) is 12.3 Å². The molecule has 1 saturated heterocycles. The van der Waals surface area contributed by atoms with Crippen molar-refractivity contribution >= 4 is 27.6 Å². The number of morpholine rings is 1. The van der Waals surface area contributed by atoms with Crippen molar-refractivity contribution in [2.75, 3.05) is 17.8 Å². The van der Waals surface area contributed by atoms with Gasteiger partial charge in [0, 0.05) is 19.3 Å². The van der Waals surface area contributed by atoms with Gasteiger partial charge in [0.25, 0.3) is 0 Å². The van der Waals surface area contributed by atoms with E-state index >= 15 is 0 Å². The predicted molar refractivity (Wildman–Crippen MR) is 71.2 cm³/mol. The Labute approximate surface area is 117 Å². The van der Waals surface area contributed by atoms with Gasteiger partial charge in [-0.1, -0.05) is 0 Å². The van der Waals surface area contributed by atoms with E-state index in [0.29, 0.717) is 13.1 Å². The maximum atomic E-state index is 12.2. The summed E-state index contributed by atoms with van der Waals surface area (Å²) < 4.78 is 33.6. The summed E-state index contributed by atoms with van der Waals surface area (Å²) in [6.45, 7) is 4.27. The summed E-state index contributed by atoms with van der Waals surface area (Å²) in [6, 6.07) is 1.44. The van der Waals surface area contributed by atoms with Crippen LogP contribution < -0.4 is 4.72 Å². The average molecular weight is 307 g/mol. The van der Waals surface area contributed by atoms with Crippen LogP contribution in [0.2, 0.25) is 5.28 Å². The molecule has 2 heterocycles. The van der Waals surface area contributed by atoms with Crippen molar-refractivity contribution in [3.05, 3.63) is 17.5 Å². The van der Waals surface area contributed by atoms with E-state index in [4.69, 9.17) is 16.3 Å². The fourth-order valence-corrected chi connectivity index (χ4v) is 3.38. The third-order valence-corrected chi connectivity index (χ3v) is 4.21. The highest BCUT2D eigenvalue weighted by atomic mass is 35.5. The second-order valence-corrected chi connectivity index (χ2v) is 6.40. The molecule has 1 fully saturated rings. The molecule has 7 nitrogen and oxygen atoms in total. The number of nitrogens with one attached hydrogen (secondary N) is 1. The van der Waals surface area contributed by atoms with Crippen molar-refractivity contribution < 1.29 is 13.2 Å². The summed E-state index contributed by atoms with van der Waals surface area (Å²) in [5.74, 6) is 0.145. The van der Waals surface area contributed by atoms with Crippen LogP contribution in [0.1, 0.15) is 13.8 Å². The van der Waals surface area contributed by atoms with Gasteiger partial charge in [0.2, 0.25) is 5.28 Å². The third kappa shape index (κ3) is 3.75. The minimum Gasteiger partial charge on any atom is -0.373 e. The Bertz CT molecular complexity index is 543. The molecule has 9 heteroatoms. The van der Waals surface area contributed by atoms with E-state index in [-0.39, 0.29) is 23.3 Å². The minimum absolute atomic E-state index is 0.0103. The van der Waals surface area contributed by atoms with Gasteiger partial charge in [0.15, 0.2) is 0 Å². The SMILES string of the molecule is CC1CN(S(=O)(=O)Nc2ccnc(Cl)n2)CC(C)O1. The summed E-state index contributed by atoms with van der Waals surface area (Å²) in [5, 5.41) is -0.0103. The largest absolute Gasteiger partial charge is 0.373 e. The first-order chi connectivity index (χ1) is 8.87. The molecule has 0 aliphatic carbocycles. The van der Waals surface area contributed by atoms with E-state index < -0.39 is 10.2 Å². The molecule has 0 radical (unpaired) electrons. The molecule has 1 N–H and O–H groups in total. The number of hydrogen-bond acceptors (Lipinski definition) is 5. The van der Waals surface area contributed by atoms with E-state index in [0.717, 1.165) is 0 Å². The first kappa shape index (κ1) is 14.4. The van der Waals surface area contributed by atoms with Crippen LogP contribution >= 0.6 is 11.6 Å². The zero-order chi connectivity index (χ0) is 14.0. The molecular formula is C10H15ClN4O3S. The summed E-state index contributed by atoms with van der Waals surface area (Å²) in [6.07, 6.45) is 1.10. The van der Waals surface area contributed by atoms with Gasteiger partial charge in [-0.3, -0.25) is 4.72 Å². The van der Waals surface area contributed by atoms with E-state index in [1.807, 2.05) is 13.8 Å². The maximum Gasteiger partial charge on any atom is 0.302 e. The monoisotopic (exact) mass is 306 g/mol. The fourth-order valence-electron chi connectivity index (χ4n) is 1.92. The Morgan fingerprint density at radius 1 is 1.42 bits per heavy atom. The molecule has 1 aliphatic heterocycles. The van der Waals surface area contributed by atoms with Gasteiger partial charge in [-0.15, -0.1) is 0 Å². The molecule has 2 rings (SSSR count). The number of ether oxygens (including phenoxy) is 1. The Morgan fingerprint density at radius 3 is 2.63 bits per heavy atom. The first-order valence-electron chi connectivity index (χ1n) is 5.79. The van der Waals surface area contributed by atoms with Gasteiger partial charge in [-0.2, -0.15) is 17.7 Å². The molecule has 0 amide bonds. The first-order valence-corrected chi connectivity index (χ1v) is 7.60. The topological polar surface area (TPSA) is 84.4 Å². The van der Waals surface area contributed by atoms with Crippen LogP contribution in [0.3, 0.4) is 0 Å². The van der Waals surface area contributed by atoms with E-state index in [1.165, 1.54) is 16.6 Å². The highest BCUT2D eigenvalue weighted by molar-refractivity contribution is 7.90. The Balaban J connectivity index is 2.14. The molecule has 19 heavy (non-hydrogen) atoms. The van der Waals surface area contributed by atoms with Crippen LogP contribution in [0.25, 0.3) is 0 Å². The van der Waals surface area contributed by atoms with Crippen LogP contribution in [0.4, 0.5) is 5.82 Å². The summed E-state index contributed by atoms with van der Waals surface area (Å²) in [7, 11) is -3.66. The highest BCUT2D eigenvalue weighted by Crippen LogP contribution is 2.16. The van der Waals surface area contributed by atoms with Gasteiger partial charge in [-0.05, 0) is 31.5 Å². The lowest BCUT2D eigenvalue weighted by Crippen LogP contribution is -2.50. The van der Waals surface area contributed by atoms with Crippen LogP contribution in [0.5, 0.6) is 0 Å². The number of aromatic nitrogens is 2. The second kappa shape index (κ2) is 5.58. The standard InChI is InChI=1S/C10H15ClN4O3S/c1-7-5-15(6-8(2)18-7)19(16,17)14-9-3-4-12-10(11)13-9/h3-4,7-8H,5-6H2,1-2H3,(H,12,13,14). The number of halogens is 1. The van der Waals surface area contributed by atoms with Gasteiger partial charge in [0.1, 0.15) is 5.82 Å². The smallest absolute Gasteiger partial charge is 0.302 e. The average Bonchev–Trinajstić information content (AvgIpc) is 2.26. The lowest BCUT2D eigenvalue weighted by molar-refractivity contribution is -0.0439. The molecule has 1 aromatic rings. The number of hydrogen-bond donors (Lipinski definition) is 1. The van der Waals surface area contributed by atoms with Crippen LogP contribution in [-0.2, 0) is 14.9 Å². The van der Waals surface area contributed by atoms with Crippen molar-refractivity contribution in [2.45, 2.75) is 26.1 Å². The number of anilines is 1. The van der Waals surface area contributed by atoms with Gasteiger partial charge < -0.3 is 4.74 Å². The molecule has 0 bridgehead atoms. The third-order valence-electron chi connectivity index (χ3n) is 2.59. The van der Waals surface area contributed by atoms with Gasteiger partial charge >= 0.3 is 10.2 Å². The second-order valence-electron chi connectivity index (χ2n) is 4.39. The maximum absolute atomic E-state index is 12.2. The lowest BCUT2D eigenvalue weighted by atomic mass is 10.3. The molecule has 0 aromatic carbocycles. The Hall–Kier alpha value is -0.960. The van der Waals surface area contributed by atoms with Crippen LogP contribution in [-0.4, -0.2) is 48.0 Å². The summed E-state index contributed by atoms with van der Waals surface area (Å²) in [5.41, 5.74) is 0. The molecule has 2 atom stereocenters. The lowest BCUT2D eigenvalue weighted by Gasteiger charge is -2.34. The Kier molecular flexibility index (Phi) is 4.24. The van der Waals surface area contributed by atoms with E-state index in [9.17, 15) is 8.42 Å². The zero-order valence-electron chi connectivity index (χ0n) is 10.6. The zero-order valence-corrected chi connectivity index (χ0v) is 12.1. The molecule has 0 saturated carbocycles. The summed E-state index contributed by atoms with van der Waals surface area (Å²) >= 11 is 5.62. The Morgan fingerprint density at radius 2 is 2.05 bits per heavy atom. The van der Waals surface area contributed by atoms with Crippen molar-refractivity contribution in [1.82, 2.24) is 14.3 Å². The molecule has 106 valence electrons. The normalized spacial score (nSPS) is 25.2. The number of rotatable bonds is 3. The molecular weight excluding hydrogens is 292 g/mol. The minimum atomic E-state index is -3.66. The van der Waals surface area contributed by atoms with E-state index in [2.05, 4.69) is 14.7 Å². The highest BCUT2D eigenvalue weighted by Gasteiger charge is 2.31. The molecule has 2 unspecified atom stereocenters.